The summed E-state index contributed by atoms with van der Waals surface area (Å²) in [6.07, 6.45) is 1.33. The molecule has 0 spiro atoms. The summed E-state index contributed by atoms with van der Waals surface area (Å²) < 4.78 is 6.79. The van der Waals surface area contributed by atoms with Crippen molar-refractivity contribution in [2.24, 2.45) is 0 Å². The van der Waals surface area contributed by atoms with Gasteiger partial charge in [0.15, 0.2) is 0 Å². The lowest BCUT2D eigenvalue weighted by Gasteiger charge is -2.11. The van der Waals surface area contributed by atoms with Crippen molar-refractivity contribution in [3.05, 3.63) is 27.7 Å². The molecule has 0 saturated heterocycles. The fraction of sp³-hybridized carbons (Fsp3) is 0.444. The lowest BCUT2D eigenvalue weighted by molar-refractivity contribution is 0.146. The zero-order valence-electron chi connectivity index (χ0n) is 7.69. The fourth-order valence-corrected chi connectivity index (χ4v) is 2.05. The van der Waals surface area contributed by atoms with E-state index >= 15 is 0 Å². The Kier molecular flexibility index (Phi) is 2.57. The van der Waals surface area contributed by atoms with Crippen LogP contribution in [0.3, 0.4) is 0 Å². The van der Waals surface area contributed by atoms with Gasteiger partial charge < -0.3 is 9.84 Å². The minimum Gasteiger partial charge on any atom is -0.507 e. The van der Waals surface area contributed by atoms with Gasteiger partial charge in [-0.05, 0) is 9.39 Å². The summed E-state index contributed by atoms with van der Waals surface area (Å²) in [5.74, 6) is 0.0919. The second-order valence-electron chi connectivity index (χ2n) is 3.28. The number of fused-ring (bicyclic) bond motifs is 1. The first-order valence-corrected chi connectivity index (χ1v) is 5.01. The molecule has 0 fully saturated rings. The fourth-order valence-electron chi connectivity index (χ4n) is 1.69. The van der Waals surface area contributed by atoms with E-state index in [9.17, 15) is 9.90 Å². The van der Waals surface area contributed by atoms with E-state index in [0.717, 1.165) is 11.3 Å². The Morgan fingerprint density at radius 2 is 2.14 bits per heavy atom. The molecule has 0 aromatic carbocycles. The number of rotatable bonds is 0. The van der Waals surface area contributed by atoms with Crippen molar-refractivity contribution in [3.63, 3.8) is 0 Å². The van der Waals surface area contributed by atoms with Crippen molar-refractivity contribution in [2.75, 3.05) is 13.2 Å². The molecule has 76 valence electrons. The van der Waals surface area contributed by atoms with Gasteiger partial charge in [0.2, 0.25) is 0 Å². The maximum absolute atomic E-state index is 11.4. The zero-order valence-corrected chi connectivity index (χ0v) is 8.85. The minimum atomic E-state index is -0.201. The van der Waals surface area contributed by atoms with E-state index < -0.39 is 0 Å². The highest BCUT2D eigenvalue weighted by molar-refractivity contribution is 7.14. The van der Waals surface area contributed by atoms with Gasteiger partial charge in [0.1, 0.15) is 5.75 Å². The van der Waals surface area contributed by atoms with E-state index in [1.54, 1.807) is 0 Å². The number of nitrogens with zero attached hydrogens (tertiary/aromatic N) is 1. The van der Waals surface area contributed by atoms with Gasteiger partial charge in [-0.1, -0.05) is 0 Å². The van der Waals surface area contributed by atoms with Crippen molar-refractivity contribution < 1.29 is 9.84 Å². The van der Waals surface area contributed by atoms with Gasteiger partial charge in [-0.15, -0.1) is 0 Å². The number of aromatic nitrogens is 1. The molecule has 14 heavy (non-hydrogen) atoms. The average molecular weight is 213 g/mol. The number of hydrogen-bond acceptors (Lipinski definition) is 3. The third-order valence-electron chi connectivity index (χ3n) is 2.43. The molecule has 1 aromatic rings. The maximum atomic E-state index is 11.4. The Labute approximate surface area is 83.8 Å². The van der Waals surface area contributed by atoms with Gasteiger partial charge in [-0.25, -0.2) is 0 Å². The second-order valence-corrected chi connectivity index (χ2v) is 3.79. The summed E-state index contributed by atoms with van der Waals surface area (Å²) in [6.45, 7) is 1.20. The summed E-state index contributed by atoms with van der Waals surface area (Å²) in [7, 11) is 2.37. The lowest BCUT2D eigenvalue weighted by Crippen LogP contribution is -2.17. The van der Waals surface area contributed by atoms with Gasteiger partial charge >= 0.3 is 0 Å². The predicted octanol–water partition coefficient (Wildman–Crippen LogP) is 0.307. The Hall–Kier alpha value is -0.860. The van der Waals surface area contributed by atoms with Crippen LogP contribution in [0.15, 0.2) is 10.9 Å². The molecule has 5 heteroatoms. The molecule has 0 bridgehead atoms. The Morgan fingerprint density at radius 1 is 1.43 bits per heavy atom. The lowest BCUT2D eigenvalue weighted by atomic mass is 10.1. The summed E-state index contributed by atoms with van der Waals surface area (Å²) >= 11 is 0. The number of pyridine rings is 1. The summed E-state index contributed by atoms with van der Waals surface area (Å²) in [4.78, 5) is 11.4. The van der Waals surface area contributed by atoms with Crippen molar-refractivity contribution in [1.82, 2.24) is 4.34 Å². The van der Waals surface area contributed by atoms with Crippen LogP contribution in [0.5, 0.6) is 5.75 Å². The molecule has 1 N–H and O–H groups in total. The second kappa shape index (κ2) is 3.71. The van der Waals surface area contributed by atoms with Crippen LogP contribution < -0.4 is 5.56 Å². The first-order chi connectivity index (χ1) is 6.70. The number of aromatic hydroxyl groups is 1. The molecule has 1 aliphatic rings. The number of hydrogen-bond donors (Lipinski definition) is 1. The molecular weight excluding hydrogens is 201 g/mol. The van der Waals surface area contributed by atoms with Gasteiger partial charge in [-0.2, -0.15) is 0 Å². The molecule has 1 aromatic heterocycles. The van der Waals surface area contributed by atoms with Crippen LogP contribution >= 0.6 is 9.39 Å². The highest BCUT2D eigenvalue weighted by Crippen LogP contribution is 2.23. The van der Waals surface area contributed by atoms with Gasteiger partial charge in [-0.3, -0.25) is 9.13 Å². The van der Waals surface area contributed by atoms with Crippen LogP contribution in [0, 0.1) is 0 Å². The van der Waals surface area contributed by atoms with Gasteiger partial charge in [0, 0.05) is 30.2 Å². The topological polar surface area (TPSA) is 51.5 Å². The number of ether oxygens (including phenoxy) is 1. The summed E-state index contributed by atoms with van der Waals surface area (Å²) in [6, 6.07) is 1.25. The quantitative estimate of drug-likeness (QED) is 0.631. The Bertz CT molecular complexity index is 413. The van der Waals surface area contributed by atoms with Crippen molar-refractivity contribution in [2.45, 2.75) is 12.8 Å². The molecule has 0 aliphatic carbocycles. The third kappa shape index (κ3) is 1.56. The first-order valence-electron chi connectivity index (χ1n) is 4.49. The third-order valence-corrected chi connectivity index (χ3v) is 2.99. The molecular formula is C9H12NO3P. The maximum Gasteiger partial charge on any atom is 0.257 e. The molecule has 1 aliphatic heterocycles. The van der Waals surface area contributed by atoms with Crippen LogP contribution in [0.1, 0.15) is 11.3 Å². The molecule has 0 amide bonds. The van der Waals surface area contributed by atoms with E-state index in [0.29, 0.717) is 26.1 Å². The van der Waals surface area contributed by atoms with Crippen LogP contribution in [0.2, 0.25) is 0 Å². The SMILES string of the molecule is O=c1cc(O)c2c(n1P)CCOCC2. The Morgan fingerprint density at radius 3 is 2.93 bits per heavy atom. The van der Waals surface area contributed by atoms with Crippen LogP contribution in [-0.2, 0) is 17.6 Å². The molecule has 1 atom stereocenters. The largest absolute Gasteiger partial charge is 0.507 e. The van der Waals surface area contributed by atoms with Gasteiger partial charge in [0.05, 0.1) is 13.2 Å². The molecule has 0 radical (unpaired) electrons. The first kappa shape index (κ1) is 9.69. The highest BCUT2D eigenvalue weighted by atomic mass is 31.0. The van der Waals surface area contributed by atoms with E-state index in [4.69, 9.17) is 4.74 Å². The van der Waals surface area contributed by atoms with Crippen LogP contribution in [0.4, 0.5) is 0 Å². The molecule has 2 rings (SSSR count). The van der Waals surface area contributed by atoms with Gasteiger partial charge in [0.25, 0.3) is 5.56 Å². The van der Waals surface area contributed by atoms with E-state index in [2.05, 4.69) is 9.39 Å². The smallest absolute Gasteiger partial charge is 0.257 e. The van der Waals surface area contributed by atoms with E-state index in [-0.39, 0.29) is 11.3 Å². The highest BCUT2D eigenvalue weighted by Gasteiger charge is 2.15. The predicted molar refractivity (Wildman–Crippen MR) is 55.7 cm³/mol. The monoisotopic (exact) mass is 213 g/mol. The van der Waals surface area contributed by atoms with E-state index in [1.165, 1.54) is 10.4 Å². The minimum absolute atomic E-state index is 0.0919. The average Bonchev–Trinajstić information content (AvgIpc) is 2.39. The van der Waals surface area contributed by atoms with Crippen molar-refractivity contribution in [3.8, 4) is 5.75 Å². The normalized spacial score (nSPS) is 16.1. The van der Waals surface area contributed by atoms with Crippen LogP contribution in [0.25, 0.3) is 0 Å². The molecule has 1 unspecified atom stereocenters. The molecule has 2 heterocycles. The zero-order chi connectivity index (χ0) is 10.1. The van der Waals surface area contributed by atoms with Crippen molar-refractivity contribution >= 4 is 9.39 Å². The molecule has 4 nitrogen and oxygen atoms in total. The standard InChI is InChI=1S/C9H12NO3P/c11-8-5-9(12)10(14)7-2-4-13-3-1-6(7)8/h5,11H,1-4,14H2. The van der Waals surface area contributed by atoms with Crippen LogP contribution in [-0.4, -0.2) is 22.7 Å². The molecule has 0 saturated carbocycles. The summed E-state index contributed by atoms with van der Waals surface area (Å²) in [5, 5.41) is 9.61. The van der Waals surface area contributed by atoms with E-state index in [1.807, 2.05) is 0 Å². The Balaban J connectivity index is 2.63. The van der Waals surface area contributed by atoms with Crippen molar-refractivity contribution in [1.29, 1.82) is 0 Å². The summed E-state index contributed by atoms with van der Waals surface area (Å²) in [5.41, 5.74) is 1.49.